The van der Waals surface area contributed by atoms with Crippen molar-refractivity contribution < 1.29 is 5.11 Å². The monoisotopic (exact) mass is 327 g/mol. The van der Waals surface area contributed by atoms with Crippen LogP contribution in [0.4, 0.5) is 0 Å². The fraction of sp³-hybridized carbons (Fsp3) is 1.00. The fourth-order valence-electron chi connectivity index (χ4n) is 5.82. The first-order chi connectivity index (χ1) is 10.2. The van der Waals surface area contributed by atoms with Gasteiger partial charge in [0.25, 0.3) is 0 Å². The molecule has 5 fully saturated rings. The van der Waals surface area contributed by atoms with E-state index in [-0.39, 0.29) is 11.5 Å². The van der Waals surface area contributed by atoms with Crippen molar-refractivity contribution >= 4 is 23.5 Å². The van der Waals surface area contributed by atoms with Gasteiger partial charge in [0.05, 0.1) is 6.10 Å². The second-order valence-corrected chi connectivity index (χ2v) is 10.4. The van der Waals surface area contributed by atoms with Crippen molar-refractivity contribution in [3.05, 3.63) is 0 Å². The molecule has 2 nitrogen and oxygen atoms in total. The molecule has 0 aromatic rings. The second kappa shape index (κ2) is 6.26. The van der Waals surface area contributed by atoms with Gasteiger partial charge in [-0.25, -0.2) is 0 Å². The molecule has 5 rings (SSSR count). The van der Waals surface area contributed by atoms with Crippen LogP contribution in [0.2, 0.25) is 0 Å². The molecule has 5 aliphatic rings. The summed E-state index contributed by atoms with van der Waals surface area (Å²) in [5.41, 5.74) is 0.284. The number of hydrogen-bond acceptors (Lipinski definition) is 4. The summed E-state index contributed by atoms with van der Waals surface area (Å²) in [6.45, 7) is 0.831. The predicted molar refractivity (Wildman–Crippen MR) is 93.1 cm³/mol. The first-order valence-corrected chi connectivity index (χ1v) is 11.1. The van der Waals surface area contributed by atoms with Gasteiger partial charge >= 0.3 is 0 Å². The van der Waals surface area contributed by atoms with Crippen LogP contribution in [-0.4, -0.2) is 46.8 Å². The molecule has 0 spiro atoms. The summed E-state index contributed by atoms with van der Waals surface area (Å²) >= 11 is 4.14. The molecule has 1 heterocycles. The summed E-state index contributed by atoms with van der Waals surface area (Å²) in [7, 11) is 0. The molecule has 0 aromatic carbocycles. The Morgan fingerprint density at radius 3 is 2.00 bits per heavy atom. The maximum atomic E-state index is 10.9. The molecule has 1 aliphatic heterocycles. The van der Waals surface area contributed by atoms with E-state index in [2.05, 4.69) is 28.8 Å². The molecule has 1 atom stereocenters. The Morgan fingerprint density at radius 2 is 1.48 bits per heavy atom. The molecule has 1 unspecified atom stereocenters. The van der Waals surface area contributed by atoms with Gasteiger partial charge in [-0.1, -0.05) is 0 Å². The largest absolute Gasteiger partial charge is 0.391 e. The van der Waals surface area contributed by atoms with Crippen LogP contribution in [0.25, 0.3) is 0 Å². The molecule has 0 radical (unpaired) electrons. The highest BCUT2D eigenvalue weighted by Crippen LogP contribution is 2.61. The normalized spacial score (nSPS) is 44.7. The molecule has 0 aromatic heterocycles. The summed E-state index contributed by atoms with van der Waals surface area (Å²) in [6, 6.07) is 0.603. The summed E-state index contributed by atoms with van der Waals surface area (Å²) in [4.78, 5) is 0. The SMILES string of the molecule is OC(CNC1CSCCSC1)C12CC3CC(CC(C3)C1)C2. The van der Waals surface area contributed by atoms with Crippen LogP contribution >= 0.6 is 23.5 Å². The lowest BCUT2D eigenvalue weighted by molar-refractivity contribution is -0.118. The fourth-order valence-corrected chi connectivity index (χ4v) is 8.28. The number of nitrogens with one attached hydrogen (secondary N) is 1. The molecule has 4 heteroatoms. The average molecular weight is 328 g/mol. The Balaban J connectivity index is 1.35. The van der Waals surface area contributed by atoms with Crippen LogP contribution in [0.15, 0.2) is 0 Å². The van der Waals surface area contributed by atoms with Crippen LogP contribution < -0.4 is 5.32 Å². The Bertz CT molecular complexity index is 333. The van der Waals surface area contributed by atoms with Gasteiger partial charge in [-0.05, 0) is 61.7 Å². The number of thioether (sulfide) groups is 2. The van der Waals surface area contributed by atoms with Gasteiger partial charge in [0.2, 0.25) is 0 Å². The van der Waals surface area contributed by atoms with E-state index in [4.69, 9.17) is 0 Å². The maximum Gasteiger partial charge on any atom is 0.0721 e. The number of aliphatic hydroxyl groups is 1. The van der Waals surface area contributed by atoms with E-state index < -0.39 is 0 Å². The lowest BCUT2D eigenvalue weighted by atomic mass is 9.48. The Labute approximate surface area is 137 Å². The van der Waals surface area contributed by atoms with E-state index in [0.717, 1.165) is 24.3 Å². The van der Waals surface area contributed by atoms with Gasteiger partial charge in [0.15, 0.2) is 0 Å². The van der Waals surface area contributed by atoms with Gasteiger partial charge in [-0.3, -0.25) is 0 Å². The minimum Gasteiger partial charge on any atom is -0.391 e. The van der Waals surface area contributed by atoms with Crippen molar-refractivity contribution in [2.45, 2.75) is 50.7 Å². The van der Waals surface area contributed by atoms with Crippen LogP contribution in [0.1, 0.15) is 38.5 Å². The van der Waals surface area contributed by atoms with Gasteiger partial charge in [0, 0.05) is 35.6 Å². The van der Waals surface area contributed by atoms with Gasteiger partial charge in [-0.15, -0.1) is 0 Å². The Hall–Kier alpha value is 0.620. The van der Waals surface area contributed by atoms with Crippen molar-refractivity contribution in [3.8, 4) is 0 Å². The first-order valence-electron chi connectivity index (χ1n) is 8.80. The summed E-state index contributed by atoms with van der Waals surface area (Å²) in [6.07, 6.45) is 8.24. The minimum absolute atomic E-state index is 0.107. The second-order valence-electron chi connectivity index (χ2n) is 8.05. The number of hydrogen-bond donors (Lipinski definition) is 2. The third-order valence-corrected chi connectivity index (χ3v) is 8.92. The zero-order chi connectivity index (χ0) is 14.3. The third kappa shape index (κ3) is 3.15. The van der Waals surface area contributed by atoms with Gasteiger partial charge < -0.3 is 10.4 Å². The Morgan fingerprint density at radius 1 is 0.952 bits per heavy atom. The van der Waals surface area contributed by atoms with Crippen molar-refractivity contribution in [1.82, 2.24) is 5.32 Å². The van der Waals surface area contributed by atoms with E-state index >= 15 is 0 Å². The van der Waals surface area contributed by atoms with Gasteiger partial charge in [0.1, 0.15) is 0 Å². The molecule has 0 amide bonds. The van der Waals surface area contributed by atoms with Crippen LogP contribution in [0, 0.1) is 23.2 Å². The van der Waals surface area contributed by atoms with Crippen molar-refractivity contribution in [2.24, 2.45) is 23.2 Å². The summed E-state index contributed by atoms with van der Waals surface area (Å²) in [5.74, 6) is 7.85. The van der Waals surface area contributed by atoms with E-state index in [1.165, 1.54) is 61.5 Å². The molecule has 4 bridgehead atoms. The van der Waals surface area contributed by atoms with Crippen molar-refractivity contribution in [2.75, 3.05) is 29.6 Å². The van der Waals surface area contributed by atoms with Crippen LogP contribution in [-0.2, 0) is 0 Å². The number of rotatable bonds is 4. The van der Waals surface area contributed by atoms with Gasteiger partial charge in [-0.2, -0.15) is 23.5 Å². The third-order valence-electron chi connectivity index (χ3n) is 6.40. The summed E-state index contributed by atoms with van der Waals surface area (Å²) < 4.78 is 0. The number of aliphatic hydroxyl groups excluding tert-OH is 1. The Kier molecular flexibility index (Phi) is 4.52. The predicted octanol–water partition coefficient (Wildman–Crippen LogP) is 3.00. The zero-order valence-corrected chi connectivity index (χ0v) is 14.6. The van der Waals surface area contributed by atoms with E-state index in [1.54, 1.807) is 0 Å². The highest BCUT2D eigenvalue weighted by atomic mass is 32.2. The average Bonchev–Trinajstić information content (AvgIpc) is 2.72. The molecule has 21 heavy (non-hydrogen) atoms. The quantitative estimate of drug-likeness (QED) is 0.831. The molecular weight excluding hydrogens is 298 g/mol. The highest BCUT2D eigenvalue weighted by molar-refractivity contribution is 8.03. The smallest absolute Gasteiger partial charge is 0.0721 e. The lowest BCUT2D eigenvalue weighted by Gasteiger charge is -2.58. The van der Waals surface area contributed by atoms with Crippen LogP contribution in [0.3, 0.4) is 0 Å². The molecule has 120 valence electrons. The topological polar surface area (TPSA) is 32.3 Å². The highest BCUT2D eigenvalue weighted by Gasteiger charge is 2.53. The maximum absolute atomic E-state index is 10.9. The van der Waals surface area contributed by atoms with E-state index in [1.807, 2.05) is 0 Å². The van der Waals surface area contributed by atoms with E-state index in [9.17, 15) is 5.11 Å². The van der Waals surface area contributed by atoms with E-state index in [0.29, 0.717) is 6.04 Å². The van der Waals surface area contributed by atoms with Crippen LogP contribution in [0.5, 0.6) is 0 Å². The molecule has 2 N–H and O–H groups in total. The van der Waals surface area contributed by atoms with Crippen molar-refractivity contribution in [3.63, 3.8) is 0 Å². The summed E-state index contributed by atoms with van der Waals surface area (Å²) in [5, 5.41) is 14.6. The minimum atomic E-state index is -0.107. The molecular formula is C17H29NOS2. The molecule has 4 saturated carbocycles. The lowest BCUT2D eigenvalue weighted by Crippen LogP contribution is -2.55. The molecule has 1 saturated heterocycles. The zero-order valence-electron chi connectivity index (χ0n) is 12.9. The standard InChI is InChI=1S/C17H29NOS2/c19-16(9-18-15-10-20-1-2-21-11-15)17-6-12-3-13(7-17)5-14(4-12)8-17/h12-16,18-19H,1-11H2. The molecule has 4 aliphatic carbocycles. The van der Waals surface area contributed by atoms with Crippen molar-refractivity contribution in [1.29, 1.82) is 0 Å². The first kappa shape index (κ1) is 15.2.